The number of aryl methyl sites for hydroxylation is 1. The molecule has 0 aliphatic rings. The van der Waals surface area contributed by atoms with E-state index in [2.05, 4.69) is 4.37 Å². The predicted molar refractivity (Wildman–Crippen MR) is 35.4 cm³/mol. The number of rotatable bonds is 1. The fourth-order valence-electron chi connectivity index (χ4n) is 0.564. The van der Waals surface area contributed by atoms with E-state index in [0.717, 1.165) is 11.5 Å². The normalized spacial score (nSPS) is 11.8. The Labute approximate surface area is 62.4 Å². The van der Waals surface area contributed by atoms with E-state index in [4.69, 9.17) is 4.55 Å². The molecule has 1 heterocycles. The quantitative estimate of drug-likeness (QED) is 0.624. The lowest BCUT2D eigenvalue weighted by atomic mass is 10.5. The first-order valence-corrected chi connectivity index (χ1v) is 4.77. The zero-order chi connectivity index (χ0) is 7.78. The largest absolute Gasteiger partial charge is 0.301 e. The van der Waals surface area contributed by atoms with E-state index < -0.39 is 10.1 Å². The Hall–Kier alpha value is -0.460. The van der Waals surface area contributed by atoms with Crippen LogP contribution in [0.25, 0.3) is 0 Å². The van der Waals surface area contributed by atoms with Crippen LogP contribution in [0.2, 0.25) is 0 Å². The van der Waals surface area contributed by atoms with Crippen LogP contribution in [-0.2, 0) is 10.1 Å². The Kier molecular flexibility index (Phi) is 1.76. The highest BCUT2D eigenvalue weighted by atomic mass is 32.2. The summed E-state index contributed by atoms with van der Waals surface area (Å²) in [7, 11) is -4.01. The fraction of sp³-hybridized carbons (Fsp3) is 0.250. The van der Waals surface area contributed by atoms with Crippen LogP contribution in [0.15, 0.2) is 10.3 Å². The highest BCUT2D eigenvalue weighted by molar-refractivity contribution is 7.86. The average Bonchev–Trinajstić information content (AvgIpc) is 2.11. The summed E-state index contributed by atoms with van der Waals surface area (Å²) >= 11 is 1.13. The number of aromatic nitrogens is 1. The maximum Gasteiger partial charge on any atom is 0.301 e. The Morgan fingerprint density at radius 2 is 2.30 bits per heavy atom. The van der Waals surface area contributed by atoms with Gasteiger partial charge >= 0.3 is 10.1 Å². The molecule has 0 fully saturated rings. The lowest BCUT2D eigenvalue weighted by Gasteiger charge is -1.85. The molecule has 0 aliphatic carbocycles. The summed E-state index contributed by atoms with van der Waals surface area (Å²) in [5.74, 6) is 0. The molecule has 0 saturated heterocycles. The third-order valence-corrected chi connectivity index (χ3v) is 2.93. The molecule has 0 aromatic carbocycles. The van der Waals surface area contributed by atoms with Crippen LogP contribution in [0.4, 0.5) is 0 Å². The topological polar surface area (TPSA) is 68.5 Å². The van der Waals surface area contributed by atoms with Crippen molar-refractivity contribution in [2.75, 3.05) is 0 Å². The molecule has 56 valence electrons. The number of hydrogen-bond acceptors (Lipinski definition) is 3. The predicted octanol–water partition coefficient (Wildman–Crippen LogP) is 0.117. The van der Waals surface area contributed by atoms with Gasteiger partial charge in [0.1, 0.15) is 11.5 Å². The molecule has 1 aromatic heterocycles. The van der Waals surface area contributed by atoms with Crippen molar-refractivity contribution in [3.8, 4) is 0 Å². The van der Waals surface area contributed by atoms with E-state index in [9.17, 15) is 8.42 Å². The molecule has 4 nitrogen and oxygen atoms in total. The molecular formula is C4H6NO3S2+. The molecule has 2 N–H and O–H groups in total. The third-order valence-electron chi connectivity index (χ3n) is 1.03. The SMILES string of the molecule is Cc1[nH+]scc1S(=O)(=O)O. The minimum absolute atomic E-state index is 0.0440. The second-order valence-corrected chi connectivity index (χ2v) is 3.87. The first-order chi connectivity index (χ1) is 4.52. The molecule has 0 atom stereocenters. The Morgan fingerprint density at radius 1 is 1.70 bits per heavy atom. The molecule has 0 bridgehead atoms. The average molecular weight is 180 g/mol. The number of aromatic amines is 1. The van der Waals surface area contributed by atoms with Crippen LogP contribution in [0.5, 0.6) is 0 Å². The molecule has 1 rings (SSSR count). The Bertz CT molecular complexity index is 326. The summed E-state index contributed by atoms with van der Waals surface area (Å²) in [6, 6.07) is 0. The number of hydrogen-bond donors (Lipinski definition) is 1. The van der Waals surface area contributed by atoms with Gasteiger partial charge in [-0.25, -0.2) is 0 Å². The number of nitrogens with one attached hydrogen (secondary N) is 1. The van der Waals surface area contributed by atoms with Crippen LogP contribution >= 0.6 is 11.5 Å². The zero-order valence-electron chi connectivity index (χ0n) is 5.16. The molecule has 0 spiro atoms. The standard InChI is InChI=1S/C4H5NO3S2/c1-3-4(2-9-5-3)10(6,7)8/h2H,1H3,(H,6,7,8)/p+1. The Morgan fingerprint density at radius 3 is 2.50 bits per heavy atom. The highest BCUT2D eigenvalue weighted by Gasteiger charge is 2.19. The van der Waals surface area contributed by atoms with Crippen LogP contribution in [0.3, 0.4) is 0 Å². The van der Waals surface area contributed by atoms with Gasteiger partial charge in [-0.2, -0.15) is 12.8 Å². The van der Waals surface area contributed by atoms with Crippen molar-refractivity contribution >= 4 is 21.7 Å². The lowest BCUT2D eigenvalue weighted by Crippen LogP contribution is -2.03. The van der Waals surface area contributed by atoms with Gasteiger partial charge < -0.3 is 0 Å². The van der Waals surface area contributed by atoms with E-state index in [1.165, 1.54) is 5.38 Å². The molecule has 0 radical (unpaired) electrons. The van der Waals surface area contributed by atoms with Gasteiger partial charge in [0.25, 0.3) is 0 Å². The van der Waals surface area contributed by atoms with Crippen molar-refractivity contribution in [1.82, 2.24) is 0 Å². The van der Waals surface area contributed by atoms with Crippen LogP contribution in [-0.4, -0.2) is 13.0 Å². The monoisotopic (exact) mass is 180 g/mol. The maximum atomic E-state index is 10.5. The fourth-order valence-corrected chi connectivity index (χ4v) is 2.33. The van der Waals surface area contributed by atoms with Crippen molar-refractivity contribution in [3.63, 3.8) is 0 Å². The van der Waals surface area contributed by atoms with Gasteiger partial charge in [-0.05, 0) is 0 Å². The molecule has 0 aliphatic heterocycles. The van der Waals surface area contributed by atoms with Gasteiger partial charge in [0.2, 0.25) is 5.69 Å². The lowest BCUT2D eigenvalue weighted by molar-refractivity contribution is -0.303. The van der Waals surface area contributed by atoms with Crippen molar-refractivity contribution in [3.05, 3.63) is 11.1 Å². The van der Waals surface area contributed by atoms with E-state index in [0.29, 0.717) is 5.69 Å². The second-order valence-electron chi connectivity index (χ2n) is 1.80. The minimum Gasteiger partial charge on any atom is -0.282 e. The molecule has 6 heteroatoms. The number of H-pyrrole nitrogens is 1. The van der Waals surface area contributed by atoms with Crippen molar-refractivity contribution in [1.29, 1.82) is 0 Å². The van der Waals surface area contributed by atoms with Gasteiger partial charge in [-0.1, -0.05) is 0 Å². The molecular weight excluding hydrogens is 174 g/mol. The summed E-state index contributed by atoms with van der Waals surface area (Å²) in [5, 5.41) is 1.35. The van der Waals surface area contributed by atoms with E-state index in [1.807, 2.05) is 0 Å². The smallest absolute Gasteiger partial charge is 0.282 e. The summed E-state index contributed by atoms with van der Waals surface area (Å²) in [6.07, 6.45) is 0. The van der Waals surface area contributed by atoms with E-state index in [1.54, 1.807) is 6.92 Å². The van der Waals surface area contributed by atoms with Crippen LogP contribution in [0, 0.1) is 6.92 Å². The zero-order valence-corrected chi connectivity index (χ0v) is 6.79. The van der Waals surface area contributed by atoms with Crippen LogP contribution < -0.4 is 4.37 Å². The van der Waals surface area contributed by atoms with Gasteiger partial charge in [0.05, 0.1) is 5.38 Å². The summed E-state index contributed by atoms with van der Waals surface area (Å²) in [6.45, 7) is 1.58. The van der Waals surface area contributed by atoms with Crippen LogP contribution in [0.1, 0.15) is 5.69 Å². The van der Waals surface area contributed by atoms with Crippen molar-refractivity contribution in [2.24, 2.45) is 0 Å². The molecule has 0 amide bonds. The molecule has 10 heavy (non-hydrogen) atoms. The third kappa shape index (κ3) is 1.34. The first-order valence-electron chi connectivity index (χ1n) is 2.45. The Balaban J connectivity index is 3.32. The second kappa shape index (κ2) is 2.30. The molecule has 0 saturated carbocycles. The van der Waals surface area contributed by atoms with Gasteiger partial charge in [-0.3, -0.25) is 4.55 Å². The van der Waals surface area contributed by atoms with E-state index >= 15 is 0 Å². The summed E-state index contributed by atoms with van der Waals surface area (Å²) < 4.78 is 32.1. The molecule has 0 unspecified atom stereocenters. The van der Waals surface area contributed by atoms with Gasteiger partial charge in [0.15, 0.2) is 4.90 Å². The minimum atomic E-state index is -4.01. The summed E-state index contributed by atoms with van der Waals surface area (Å²) in [4.78, 5) is -0.0440. The van der Waals surface area contributed by atoms with E-state index in [-0.39, 0.29) is 4.90 Å². The van der Waals surface area contributed by atoms with Crippen molar-refractivity contribution < 1.29 is 17.3 Å². The first kappa shape index (κ1) is 7.64. The summed E-state index contributed by atoms with van der Waals surface area (Å²) in [5.41, 5.74) is 0.465. The van der Waals surface area contributed by atoms with Gasteiger partial charge in [-0.15, -0.1) is 0 Å². The maximum absolute atomic E-state index is 10.5. The van der Waals surface area contributed by atoms with Gasteiger partial charge in [0, 0.05) is 6.92 Å². The highest BCUT2D eigenvalue weighted by Crippen LogP contribution is 2.11. The van der Waals surface area contributed by atoms with Crippen molar-refractivity contribution in [2.45, 2.75) is 11.8 Å². The molecule has 1 aromatic rings.